The van der Waals surface area contributed by atoms with Gasteiger partial charge in [0.05, 0.1) is 0 Å². The van der Waals surface area contributed by atoms with Gasteiger partial charge in [0.15, 0.2) is 0 Å². The first-order chi connectivity index (χ1) is 7.01. The Bertz CT molecular complexity index is 309. The minimum atomic E-state index is 0.242. The molecule has 4 aliphatic rings. The first-order valence-electron chi connectivity index (χ1n) is 6.49. The summed E-state index contributed by atoms with van der Waals surface area (Å²) in [7, 11) is 0. The fourth-order valence-electron chi connectivity index (χ4n) is 3.56. The van der Waals surface area contributed by atoms with Gasteiger partial charge < -0.3 is 5.73 Å². The minimum Gasteiger partial charge on any atom is -0.325 e. The molecule has 0 radical (unpaired) electrons. The van der Waals surface area contributed by atoms with Crippen molar-refractivity contribution < 1.29 is 0 Å². The van der Waals surface area contributed by atoms with Gasteiger partial charge in [-0.25, -0.2) is 0 Å². The van der Waals surface area contributed by atoms with Crippen LogP contribution >= 0.6 is 0 Å². The van der Waals surface area contributed by atoms with Gasteiger partial charge in [0.2, 0.25) is 0 Å². The Morgan fingerprint density at radius 3 is 2.67 bits per heavy atom. The number of rotatable bonds is 3. The Morgan fingerprint density at radius 2 is 2.13 bits per heavy atom. The van der Waals surface area contributed by atoms with Crippen LogP contribution in [-0.2, 0) is 0 Å². The monoisotopic (exact) mass is 205 g/mol. The van der Waals surface area contributed by atoms with Crippen LogP contribution < -0.4 is 5.73 Å². The maximum Gasteiger partial charge on any atom is 0.0158 e. The Balaban J connectivity index is 1.64. The van der Waals surface area contributed by atoms with Gasteiger partial charge >= 0.3 is 0 Å². The van der Waals surface area contributed by atoms with Crippen molar-refractivity contribution in [3.63, 3.8) is 0 Å². The van der Waals surface area contributed by atoms with E-state index in [0.717, 1.165) is 11.8 Å². The topological polar surface area (TPSA) is 26.0 Å². The van der Waals surface area contributed by atoms with Crippen LogP contribution in [0.15, 0.2) is 11.6 Å². The quantitative estimate of drug-likeness (QED) is 0.703. The van der Waals surface area contributed by atoms with Crippen LogP contribution in [0.2, 0.25) is 0 Å². The molecule has 0 aromatic rings. The third-order valence-electron chi connectivity index (χ3n) is 5.39. The van der Waals surface area contributed by atoms with Gasteiger partial charge in [0, 0.05) is 5.54 Å². The highest BCUT2D eigenvalue weighted by Gasteiger charge is 2.51. The average Bonchev–Trinajstić information content (AvgIpc) is 2.94. The van der Waals surface area contributed by atoms with Gasteiger partial charge in [-0.1, -0.05) is 25.5 Å². The summed E-state index contributed by atoms with van der Waals surface area (Å²) >= 11 is 0. The molecule has 2 bridgehead atoms. The second-order valence-corrected chi connectivity index (χ2v) is 6.68. The van der Waals surface area contributed by atoms with E-state index in [4.69, 9.17) is 5.73 Å². The molecule has 2 fully saturated rings. The largest absolute Gasteiger partial charge is 0.325 e. The smallest absolute Gasteiger partial charge is 0.0158 e. The van der Waals surface area contributed by atoms with Crippen molar-refractivity contribution in [2.24, 2.45) is 23.0 Å². The van der Waals surface area contributed by atoms with Crippen LogP contribution in [0.3, 0.4) is 0 Å². The summed E-state index contributed by atoms with van der Waals surface area (Å²) < 4.78 is 0. The Labute approximate surface area is 93.1 Å². The standard InChI is InChI=1S/C14H23N/c1-13(2)11-4-3-10(12(13)9-11)5-6-14(15)7-8-14/h3,11-12H,4-9,15H2,1-2H3. The first-order valence-corrected chi connectivity index (χ1v) is 6.49. The summed E-state index contributed by atoms with van der Waals surface area (Å²) in [6.07, 6.45) is 10.3. The van der Waals surface area contributed by atoms with E-state index in [2.05, 4.69) is 19.9 Å². The second-order valence-electron chi connectivity index (χ2n) is 6.68. The molecule has 4 aliphatic carbocycles. The van der Waals surface area contributed by atoms with Crippen molar-refractivity contribution in [3.8, 4) is 0 Å². The van der Waals surface area contributed by atoms with Crippen molar-refractivity contribution in [3.05, 3.63) is 11.6 Å². The van der Waals surface area contributed by atoms with Gasteiger partial charge in [0.25, 0.3) is 0 Å². The summed E-state index contributed by atoms with van der Waals surface area (Å²) in [6, 6.07) is 0. The zero-order valence-corrected chi connectivity index (χ0v) is 10.1. The fraction of sp³-hybridized carbons (Fsp3) is 0.857. The molecule has 0 aliphatic heterocycles. The van der Waals surface area contributed by atoms with Crippen molar-refractivity contribution in [2.45, 2.75) is 57.9 Å². The highest BCUT2D eigenvalue weighted by Crippen LogP contribution is 2.60. The molecule has 4 rings (SSSR count). The lowest BCUT2D eigenvalue weighted by Crippen LogP contribution is -2.48. The second kappa shape index (κ2) is 2.88. The van der Waals surface area contributed by atoms with Crippen LogP contribution in [0.4, 0.5) is 0 Å². The molecule has 0 aromatic carbocycles. The van der Waals surface area contributed by atoms with E-state index >= 15 is 0 Å². The van der Waals surface area contributed by atoms with E-state index in [1.54, 1.807) is 5.57 Å². The molecule has 0 heterocycles. The van der Waals surface area contributed by atoms with Crippen LogP contribution in [0.25, 0.3) is 0 Å². The summed E-state index contributed by atoms with van der Waals surface area (Å²) in [5.41, 5.74) is 8.73. The summed E-state index contributed by atoms with van der Waals surface area (Å²) in [5.74, 6) is 1.86. The summed E-state index contributed by atoms with van der Waals surface area (Å²) in [6.45, 7) is 4.91. The Hall–Kier alpha value is -0.300. The maximum atomic E-state index is 6.16. The predicted molar refractivity (Wildman–Crippen MR) is 63.5 cm³/mol. The van der Waals surface area contributed by atoms with Crippen molar-refractivity contribution in [1.29, 1.82) is 0 Å². The third-order valence-corrected chi connectivity index (χ3v) is 5.39. The van der Waals surface area contributed by atoms with Crippen molar-refractivity contribution in [2.75, 3.05) is 0 Å². The number of hydrogen-bond acceptors (Lipinski definition) is 1. The Morgan fingerprint density at radius 1 is 1.40 bits per heavy atom. The lowest BCUT2D eigenvalue weighted by molar-refractivity contribution is -0.00854. The third kappa shape index (κ3) is 1.47. The Kier molecular flexibility index (Phi) is 1.90. The molecular weight excluding hydrogens is 182 g/mol. The zero-order valence-electron chi connectivity index (χ0n) is 10.1. The van der Waals surface area contributed by atoms with Crippen LogP contribution in [0.1, 0.15) is 52.4 Å². The predicted octanol–water partition coefficient (Wildman–Crippen LogP) is 3.25. The van der Waals surface area contributed by atoms with Gasteiger partial charge in [0.1, 0.15) is 0 Å². The van der Waals surface area contributed by atoms with Gasteiger partial charge in [-0.2, -0.15) is 0 Å². The summed E-state index contributed by atoms with van der Waals surface area (Å²) in [5, 5.41) is 0. The average molecular weight is 205 g/mol. The molecule has 84 valence electrons. The molecule has 2 unspecified atom stereocenters. The van der Waals surface area contributed by atoms with Crippen LogP contribution in [0, 0.1) is 17.3 Å². The minimum absolute atomic E-state index is 0.242. The molecule has 15 heavy (non-hydrogen) atoms. The number of hydrogen-bond donors (Lipinski definition) is 1. The van der Waals surface area contributed by atoms with E-state index in [0.29, 0.717) is 5.41 Å². The number of nitrogens with two attached hydrogens (primary N) is 1. The normalized spacial score (nSPS) is 39.3. The highest BCUT2D eigenvalue weighted by molar-refractivity contribution is 5.24. The van der Waals surface area contributed by atoms with E-state index in [1.165, 1.54) is 38.5 Å². The molecule has 0 saturated heterocycles. The molecule has 0 spiro atoms. The maximum absolute atomic E-state index is 6.16. The molecule has 2 N–H and O–H groups in total. The van der Waals surface area contributed by atoms with E-state index in [9.17, 15) is 0 Å². The van der Waals surface area contributed by atoms with Gasteiger partial charge in [-0.3, -0.25) is 0 Å². The first kappa shape index (κ1) is 9.89. The molecule has 1 nitrogen and oxygen atoms in total. The lowest BCUT2D eigenvalue weighted by Gasteiger charge is -2.56. The highest BCUT2D eigenvalue weighted by atomic mass is 14.8. The molecule has 1 heteroatoms. The molecule has 2 saturated carbocycles. The van der Waals surface area contributed by atoms with E-state index in [-0.39, 0.29) is 5.54 Å². The molecule has 0 aromatic heterocycles. The van der Waals surface area contributed by atoms with E-state index < -0.39 is 0 Å². The number of fused-ring (bicyclic) bond motifs is 1. The van der Waals surface area contributed by atoms with Crippen molar-refractivity contribution in [1.82, 2.24) is 0 Å². The van der Waals surface area contributed by atoms with E-state index in [1.807, 2.05) is 0 Å². The molecule has 2 atom stereocenters. The van der Waals surface area contributed by atoms with Gasteiger partial charge in [-0.05, 0) is 55.8 Å². The van der Waals surface area contributed by atoms with Crippen LogP contribution in [-0.4, -0.2) is 5.54 Å². The SMILES string of the molecule is CC1(C)C2CC=C(CCC3(N)CC3)C1C2. The lowest BCUT2D eigenvalue weighted by atomic mass is 9.48. The molecular formula is C14H23N. The fourth-order valence-corrected chi connectivity index (χ4v) is 3.56. The van der Waals surface area contributed by atoms with Crippen molar-refractivity contribution >= 4 is 0 Å². The van der Waals surface area contributed by atoms with Crippen LogP contribution in [0.5, 0.6) is 0 Å². The summed E-state index contributed by atoms with van der Waals surface area (Å²) in [4.78, 5) is 0. The zero-order chi connectivity index (χ0) is 10.7. The van der Waals surface area contributed by atoms with Gasteiger partial charge in [-0.15, -0.1) is 0 Å². The number of allylic oxidation sites excluding steroid dienone is 2. The molecule has 0 amide bonds.